The molecule has 0 aliphatic rings. The molecule has 0 aliphatic heterocycles. The SMILES string of the molecule is NCCOc1cnn(Cc2cccc(F)c2Cl)c(=O)c1. The van der Waals surface area contributed by atoms with Crippen molar-refractivity contribution in [3.63, 3.8) is 0 Å². The number of nitrogens with two attached hydrogens (primary N) is 1. The predicted octanol–water partition coefficient (Wildman–Crippen LogP) is 1.42. The summed E-state index contributed by atoms with van der Waals surface area (Å²) in [7, 11) is 0. The molecule has 20 heavy (non-hydrogen) atoms. The average molecular weight is 298 g/mol. The van der Waals surface area contributed by atoms with Crippen molar-refractivity contribution < 1.29 is 9.13 Å². The van der Waals surface area contributed by atoms with Crippen molar-refractivity contribution in [3.05, 3.63) is 57.2 Å². The van der Waals surface area contributed by atoms with Gasteiger partial charge in [-0.25, -0.2) is 9.07 Å². The number of benzene rings is 1. The van der Waals surface area contributed by atoms with Gasteiger partial charge in [0.1, 0.15) is 18.2 Å². The first kappa shape index (κ1) is 14.5. The summed E-state index contributed by atoms with van der Waals surface area (Å²) in [5.74, 6) is -0.179. The van der Waals surface area contributed by atoms with Crippen molar-refractivity contribution in [3.8, 4) is 5.75 Å². The van der Waals surface area contributed by atoms with Crippen LogP contribution >= 0.6 is 11.6 Å². The number of aromatic nitrogens is 2. The summed E-state index contributed by atoms with van der Waals surface area (Å²) in [5.41, 5.74) is 5.42. The van der Waals surface area contributed by atoms with Crippen LogP contribution in [0.2, 0.25) is 5.02 Å². The lowest BCUT2D eigenvalue weighted by Gasteiger charge is -2.08. The summed E-state index contributed by atoms with van der Waals surface area (Å²) in [6.07, 6.45) is 1.41. The highest BCUT2D eigenvalue weighted by Gasteiger charge is 2.08. The lowest BCUT2D eigenvalue weighted by molar-refractivity contribution is 0.324. The summed E-state index contributed by atoms with van der Waals surface area (Å²) >= 11 is 5.84. The molecule has 2 N–H and O–H groups in total. The van der Waals surface area contributed by atoms with Crippen molar-refractivity contribution in [1.29, 1.82) is 0 Å². The lowest BCUT2D eigenvalue weighted by atomic mass is 10.2. The minimum Gasteiger partial charge on any atom is -0.490 e. The molecule has 2 aromatic rings. The van der Waals surface area contributed by atoms with Gasteiger partial charge >= 0.3 is 0 Å². The molecule has 0 saturated heterocycles. The molecule has 0 fully saturated rings. The van der Waals surface area contributed by atoms with Gasteiger partial charge in [-0.15, -0.1) is 0 Å². The molecule has 106 valence electrons. The van der Waals surface area contributed by atoms with Crippen molar-refractivity contribution in [2.45, 2.75) is 6.54 Å². The quantitative estimate of drug-likeness (QED) is 0.906. The van der Waals surface area contributed by atoms with Crippen LogP contribution in [0.3, 0.4) is 0 Å². The molecule has 0 spiro atoms. The highest BCUT2D eigenvalue weighted by Crippen LogP contribution is 2.19. The Bertz CT molecular complexity index is 660. The Hall–Kier alpha value is -1.92. The molecule has 0 unspecified atom stereocenters. The van der Waals surface area contributed by atoms with Gasteiger partial charge in [0.2, 0.25) is 0 Å². The van der Waals surface area contributed by atoms with Crippen molar-refractivity contribution in [1.82, 2.24) is 9.78 Å². The zero-order valence-corrected chi connectivity index (χ0v) is 11.3. The topological polar surface area (TPSA) is 70.1 Å². The van der Waals surface area contributed by atoms with Crippen LogP contribution in [0.1, 0.15) is 5.56 Å². The van der Waals surface area contributed by atoms with Gasteiger partial charge in [-0.3, -0.25) is 4.79 Å². The second kappa shape index (κ2) is 6.49. The maximum atomic E-state index is 13.3. The normalized spacial score (nSPS) is 10.6. The lowest BCUT2D eigenvalue weighted by Crippen LogP contribution is -2.23. The largest absolute Gasteiger partial charge is 0.490 e. The molecule has 7 heteroatoms. The Balaban J connectivity index is 2.22. The zero-order valence-electron chi connectivity index (χ0n) is 10.6. The summed E-state index contributed by atoms with van der Waals surface area (Å²) in [4.78, 5) is 11.9. The average Bonchev–Trinajstić information content (AvgIpc) is 2.44. The third-order valence-corrected chi connectivity index (χ3v) is 3.01. The fourth-order valence-corrected chi connectivity index (χ4v) is 1.81. The minimum absolute atomic E-state index is 0.00958. The zero-order chi connectivity index (χ0) is 14.5. The van der Waals surface area contributed by atoms with E-state index < -0.39 is 5.82 Å². The number of hydrogen-bond acceptors (Lipinski definition) is 4. The summed E-state index contributed by atoms with van der Waals surface area (Å²) in [6.45, 7) is 0.745. The van der Waals surface area contributed by atoms with E-state index in [2.05, 4.69) is 5.10 Å². The van der Waals surface area contributed by atoms with E-state index in [4.69, 9.17) is 22.1 Å². The van der Waals surface area contributed by atoms with Gasteiger partial charge in [0, 0.05) is 12.6 Å². The highest BCUT2D eigenvalue weighted by molar-refractivity contribution is 6.31. The second-order valence-corrected chi connectivity index (χ2v) is 4.42. The van der Waals surface area contributed by atoms with Gasteiger partial charge in [0.05, 0.1) is 17.8 Å². The number of ether oxygens (including phenoxy) is 1. The molecule has 0 radical (unpaired) electrons. The molecule has 0 aliphatic carbocycles. The Kier molecular flexibility index (Phi) is 4.70. The highest BCUT2D eigenvalue weighted by atomic mass is 35.5. The fraction of sp³-hybridized carbons (Fsp3) is 0.231. The van der Waals surface area contributed by atoms with Gasteiger partial charge < -0.3 is 10.5 Å². The van der Waals surface area contributed by atoms with E-state index >= 15 is 0 Å². The van der Waals surface area contributed by atoms with Crippen LogP contribution in [-0.4, -0.2) is 22.9 Å². The molecular formula is C13H13ClFN3O2. The van der Waals surface area contributed by atoms with Crippen LogP contribution in [0.4, 0.5) is 4.39 Å². The summed E-state index contributed by atoms with van der Waals surface area (Å²) in [5, 5.41) is 3.94. The van der Waals surface area contributed by atoms with Crippen LogP contribution in [-0.2, 0) is 6.54 Å². The van der Waals surface area contributed by atoms with Gasteiger partial charge in [-0.05, 0) is 11.6 Å². The number of nitrogens with zero attached hydrogens (tertiary/aromatic N) is 2. The van der Waals surface area contributed by atoms with Crippen LogP contribution in [0.25, 0.3) is 0 Å². The van der Waals surface area contributed by atoms with E-state index in [-0.39, 0.29) is 17.1 Å². The molecule has 0 atom stereocenters. The maximum absolute atomic E-state index is 13.3. The van der Waals surface area contributed by atoms with Crippen LogP contribution in [0.5, 0.6) is 5.75 Å². The van der Waals surface area contributed by atoms with Crippen molar-refractivity contribution in [2.75, 3.05) is 13.2 Å². The van der Waals surface area contributed by atoms with Gasteiger partial charge in [-0.2, -0.15) is 5.10 Å². The maximum Gasteiger partial charge on any atom is 0.270 e. The molecule has 0 amide bonds. The monoisotopic (exact) mass is 297 g/mol. The van der Waals surface area contributed by atoms with E-state index in [1.165, 1.54) is 29.1 Å². The minimum atomic E-state index is -0.528. The van der Waals surface area contributed by atoms with Crippen molar-refractivity contribution >= 4 is 11.6 Å². The second-order valence-electron chi connectivity index (χ2n) is 4.04. The van der Waals surface area contributed by atoms with Gasteiger partial charge in [0.25, 0.3) is 5.56 Å². The van der Waals surface area contributed by atoms with Crippen LogP contribution in [0.15, 0.2) is 35.3 Å². The summed E-state index contributed by atoms with van der Waals surface area (Å²) < 4.78 is 19.7. The Morgan fingerprint density at radius 3 is 2.95 bits per heavy atom. The van der Waals surface area contributed by atoms with E-state index in [0.29, 0.717) is 24.5 Å². The van der Waals surface area contributed by atoms with E-state index in [1.54, 1.807) is 6.07 Å². The van der Waals surface area contributed by atoms with E-state index in [0.717, 1.165) is 0 Å². The third kappa shape index (κ3) is 3.34. The molecule has 0 saturated carbocycles. The Morgan fingerprint density at radius 2 is 2.25 bits per heavy atom. The van der Waals surface area contributed by atoms with Gasteiger partial charge in [0.15, 0.2) is 0 Å². The molecule has 0 bridgehead atoms. The van der Waals surface area contributed by atoms with Crippen LogP contribution < -0.4 is 16.0 Å². The fourth-order valence-electron chi connectivity index (χ4n) is 1.62. The summed E-state index contributed by atoms with van der Waals surface area (Å²) in [6, 6.07) is 5.72. The molecule has 5 nitrogen and oxygen atoms in total. The molecule has 1 aromatic carbocycles. The smallest absolute Gasteiger partial charge is 0.270 e. The van der Waals surface area contributed by atoms with E-state index in [1.807, 2.05) is 0 Å². The molecule has 1 heterocycles. The van der Waals surface area contributed by atoms with Crippen LogP contribution in [0, 0.1) is 5.82 Å². The number of hydrogen-bond donors (Lipinski definition) is 1. The predicted molar refractivity (Wildman–Crippen MR) is 73.6 cm³/mol. The molecular weight excluding hydrogens is 285 g/mol. The Labute approximate surface area is 119 Å². The third-order valence-electron chi connectivity index (χ3n) is 2.58. The Morgan fingerprint density at radius 1 is 1.45 bits per heavy atom. The standard InChI is InChI=1S/C13H13ClFN3O2/c14-13-9(2-1-3-11(13)15)8-18-12(19)6-10(7-17-18)20-5-4-16/h1-3,6-7H,4-5,8,16H2. The molecule has 2 rings (SSSR count). The van der Waals surface area contributed by atoms with Crippen molar-refractivity contribution in [2.24, 2.45) is 5.73 Å². The first-order chi connectivity index (χ1) is 9.61. The number of rotatable bonds is 5. The number of halogens is 2. The first-order valence-electron chi connectivity index (χ1n) is 5.94. The first-order valence-corrected chi connectivity index (χ1v) is 6.32. The van der Waals surface area contributed by atoms with Gasteiger partial charge in [-0.1, -0.05) is 23.7 Å². The molecule has 1 aromatic heterocycles. The van der Waals surface area contributed by atoms with E-state index in [9.17, 15) is 9.18 Å².